The first kappa shape index (κ1) is 25.3. The van der Waals surface area contributed by atoms with Gasteiger partial charge in [-0.3, -0.25) is 4.79 Å². The summed E-state index contributed by atoms with van der Waals surface area (Å²) in [5.74, 6) is 0.121. The van der Waals surface area contributed by atoms with Gasteiger partial charge in [-0.1, -0.05) is 69.1 Å². The lowest BCUT2D eigenvalue weighted by Gasteiger charge is -2.20. The molecule has 140 valence electrons. The van der Waals surface area contributed by atoms with E-state index in [2.05, 4.69) is 28.1 Å². The van der Waals surface area contributed by atoms with Crippen molar-refractivity contribution in [1.82, 2.24) is 0 Å². The van der Waals surface area contributed by atoms with Crippen LogP contribution in [0.5, 0.6) is 0 Å². The second kappa shape index (κ2) is 13.4. The van der Waals surface area contributed by atoms with Crippen molar-refractivity contribution >= 4 is 14.2 Å². The molecule has 0 aliphatic rings. The fourth-order valence-electron chi connectivity index (χ4n) is 1.40. The van der Waals surface area contributed by atoms with E-state index in [4.69, 9.17) is 5.11 Å². The predicted octanol–water partition coefficient (Wildman–Crippen LogP) is 2.89. The number of carbonyl (C=O) groups is 1. The third-order valence-corrected chi connectivity index (χ3v) is 3.41. The zero-order valence-electron chi connectivity index (χ0n) is 15.9. The molecule has 0 saturated heterocycles. The van der Waals surface area contributed by atoms with E-state index < -0.39 is 0 Å². The Labute approximate surface area is 155 Å². The molecule has 0 saturated carbocycles. The van der Waals surface area contributed by atoms with E-state index >= 15 is 0 Å². The number of Topliss-reactive ketones (excluding diaryl/α,β-unsaturated/α-hetero) is 1. The number of hydrogen-bond acceptors (Lipinski definition) is 2. The van der Waals surface area contributed by atoms with E-state index in [1.54, 1.807) is 13.8 Å². The molecule has 4 heteroatoms. The molecule has 0 aliphatic carbocycles. The van der Waals surface area contributed by atoms with Gasteiger partial charge in [0, 0.05) is 5.56 Å². The van der Waals surface area contributed by atoms with Crippen LogP contribution in [0.1, 0.15) is 42.8 Å². The molecular formula is C21H36BNO2. The minimum Gasteiger partial charge on any atom is -0.389 e. The molecule has 2 aromatic rings. The molecule has 0 amide bonds. The maximum absolute atomic E-state index is 10.6. The first-order valence-electron chi connectivity index (χ1n) is 8.26. The topological polar surface area (TPSA) is 37.3 Å². The Morgan fingerprint density at radius 3 is 1.52 bits per heavy atom. The summed E-state index contributed by atoms with van der Waals surface area (Å²) in [6.07, 6.45) is -0.341. The second-order valence-corrected chi connectivity index (χ2v) is 6.62. The van der Waals surface area contributed by atoms with Gasteiger partial charge in [0.2, 0.25) is 0 Å². The largest absolute Gasteiger partial charge is 0.389 e. The number of rotatable bonds is 3. The van der Waals surface area contributed by atoms with Crippen molar-refractivity contribution in [2.24, 2.45) is 0 Å². The lowest BCUT2D eigenvalue weighted by molar-refractivity contribution is -0.868. The highest BCUT2D eigenvalue weighted by molar-refractivity contribution is 5.93. The Morgan fingerprint density at radius 1 is 0.960 bits per heavy atom. The molecule has 0 aromatic heterocycles. The quantitative estimate of drug-likeness (QED) is 0.528. The van der Waals surface area contributed by atoms with Crippen molar-refractivity contribution in [1.29, 1.82) is 0 Å². The highest BCUT2D eigenvalue weighted by Gasteiger charge is 1.97. The number of ketones is 1. The molecule has 0 aliphatic heterocycles. The molecule has 3 nitrogen and oxygen atoms in total. The average molecular weight is 345 g/mol. The summed E-state index contributed by atoms with van der Waals surface area (Å²) in [7, 11) is 6.54. The third kappa shape index (κ3) is 14.2. The van der Waals surface area contributed by atoms with Gasteiger partial charge in [-0.05, 0) is 26.3 Å². The Balaban J connectivity index is 0. The molecule has 0 heterocycles. The summed E-state index contributed by atoms with van der Waals surface area (Å²) in [5, 5.41) is 9.02. The lowest BCUT2D eigenvalue weighted by Crippen LogP contribution is -2.33. The Hall–Kier alpha value is -1.91. The summed E-state index contributed by atoms with van der Waals surface area (Å²) < 4.78 is 1.07. The SMILES string of the molecule is CC(=O)c1ccccc1.CC(O)c1ccccc1.CC[N+](C)(C)C.[BH4-]. The first-order chi connectivity index (χ1) is 11.2. The zero-order chi connectivity index (χ0) is 18.6. The fourth-order valence-corrected chi connectivity index (χ4v) is 1.40. The number of aliphatic hydroxyl groups excluding tert-OH is 1. The maximum Gasteiger partial charge on any atom is 0.159 e. The molecule has 0 radical (unpaired) electrons. The van der Waals surface area contributed by atoms with Gasteiger partial charge in [0.05, 0.1) is 33.8 Å². The first-order valence-corrected chi connectivity index (χ1v) is 8.26. The third-order valence-electron chi connectivity index (χ3n) is 3.41. The van der Waals surface area contributed by atoms with Crippen LogP contribution < -0.4 is 0 Å². The normalized spacial score (nSPS) is 10.8. The summed E-state index contributed by atoms with van der Waals surface area (Å²) in [6.45, 7) is 6.71. The Morgan fingerprint density at radius 2 is 1.32 bits per heavy atom. The highest BCUT2D eigenvalue weighted by Crippen LogP contribution is 2.09. The number of nitrogens with zero attached hydrogens (tertiary/aromatic N) is 1. The van der Waals surface area contributed by atoms with E-state index in [0.29, 0.717) is 0 Å². The average Bonchev–Trinajstić information content (AvgIpc) is 2.57. The van der Waals surface area contributed by atoms with Gasteiger partial charge in [-0.15, -0.1) is 0 Å². The molecule has 2 rings (SSSR count). The van der Waals surface area contributed by atoms with Crippen LogP contribution in [0.15, 0.2) is 60.7 Å². The predicted molar refractivity (Wildman–Crippen MR) is 113 cm³/mol. The number of aliphatic hydroxyl groups is 1. The standard InChI is InChI=1S/C8H10O.C8H8O.C5H14N.BH4/c2*1-7(9)8-5-3-2-4-6-8;1-5-6(2,3)4;/h2-7,9H,1H3;2-6H,1H3;5H2,1-4H3;1H4/q;;+1;-1. The van der Waals surface area contributed by atoms with Crippen LogP contribution in [0.25, 0.3) is 0 Å². The van der Waals surface area contributed by atoms with Crippen molar-refractivity contribution in [2.45, 2.75) is 26.9 Å². The van der Waals surface area contributed by atoms with Crippen LogP contribution in [-0.4, -0.2) is 51.5 Å². The van der Waals surface area contributed by atoms with E-state index in [0.717, 1.165) is 15.6 Å². The molecule has 0 bridgehead atoms. The van der Waals surface area contributed by atoms with E-state index in [-0.39, 0.29) is 20.3 Å². The second-order valence-electron chi connectivity index (χ2n) is 6.62. The van der Waals surface area contributed by atoms with Gasteiger partial charge in [0.25, 0.3) is 0 Å². The van der Waals surface area contributed by atoms with Crippen molar-refractivity contribution in [2.75, 3.05) is 27.7 Å². The maximum atomic E-state index is 10.6. The van der Waals surface area contributed by atoms with E-state index in [1.807, 2.05) is 60.7 Å². The van der Waals surface area contributed by atoms with E-state index in [1.165, 1.54) is 6.54 Å². The summed E-state index contributed by atoms with van der Waals surface area (Å²) in [5.41, 5.74) is 1.75. The van der Waals surface area contributed by atoms with Gasteiger partial charge in [-0.2, -0.15) is 0 Å². The van der Waals surface area contributed by atoms with Gasteiger partial charge in [0.15, 0.2) is 5.78 Å². The lowest BCUT2D eigenvalue weighted by atomic mass is 10.1. The molecule has 1 N–H and O–H groups in total. The van der Waals surface area contributed by atoms with Crippen molar-refractivity contribution in [3.8, 4) is 0 Å². The molecule has 0 spiro atoms. The molecular weight excluding hydrogens is 309 g/mol. The number of carbonyl (C=O) groups excluding carboxylic acids is 1. The monoisotopic (exact) mass is 345 g/mol. The van der Waals surface area contributed by atoms with Crippen molar-refractivity contribution < 1.29 is 14.4 Å². The van der Waals surface area contributed by atoms with E-state index in [9.17, 15) is 4.79 Å². The molecule has 1 atom stereocenters. The highest BCUT2D eigenvalue weighted by atomic mass is 16.3. The molecule has 2 aromatic carbocycles. The fraction of sp³-hybridized carbons (Fsp3) is 0.381. The molecule has 25 heavy (non-hydrogen) atoms. The van der Waals surface area contributed by atoms with Gasteiger partial charge >= 0.3 is 0 Å². The summed E-state index contributed by atoms with van der Waals surface area (Å²) in [4.78, 5) is 10.6. The minimum atomic E-state index is -0.341. The van der Waals surface area contributed by atoms with Crippen LogP contribution in [0.2, 0.25) is 0 Å². The Kier molecular flexibility index (Phi) is 13.6. The smallest absolute Gasteiger partial charge is 0.159 e. The van der Waals surface area contributed by atoms with Crippen LogP contribution in [0.4, 0.5) is 0 Å². The van der Waals surface area contributed by atoms with Crippen LogP contribution in [-0.2, 0) is 0 Å². The number of benzene rings is 2. The molecule has 1 unspecified atom stereocenters. The number of hydrogen-bond donors (Lipinski definition) is 1. The van der Waals surface area contributed by atoms with Crippen molar-refractivity contribution in [3.63, 3.8) is 0 Å². The van der Waals surface area contributed by atoms with Crippen molar-refractivity contribution in [3.05, 3.63) is 71.8 Å². The Bertz CT molecular complexity index is 563. The summed E-state index contributed by atoms with van der Waals surface area (Å²) >= 11 is 0. The summed E-state index contributed by atoms with van der Waals surface area (Å²) in [6, 6.07) is 18.8. The molecule has 0 fully saturated rings. The minimum absolute atomic E-state index is 0. The zero-order valence-corrected chi connectivity index (χ0v) is 15.9. The van der Waals surface area contributed by atoms with Gasteiger partial charge < -0.3 is 9.59 Å². The van der Waals surface area contributed by atoms with Gasteiger partial charge in [-0.25, -0.2) is 0 Å². The van der Waals surface area contributed by atoms with Crippen LogP contribution >= 0.6 is 0 Å². The van der Waals surface area contributed by atoms with Crippen LogP contribution in [0.3, 0.4) is 0 Å². The van der Waals surface area contributed by atoms with Gasteiger partial charge in [0.1, 0.15) is 0 Å². The van der Waals surface area contributed by atoms with Crippen LogP contribution in [0, 0.1) is 0 Å². The number of quaternary nitrogens is 1.